The highest BCUT2D eigenvalue weighted by atomic mass is 16.8. The molecule has 6 heteroatoms. The molecular weight excluding hydrogens is 288 g/mol. The van der Waals surface area contributed by atoms with E-state index >= 15 is 0 Å². The Bertz CT molecular complexity index is 491. The normalized spacial score (nSPS) is 34.5. The Balaban J connectivity index is 1.71. The van der Waals surface area contributed by atoms with Crippen molar-refractivity contribution >= 4 is 0 Å². The molecule has 2 heterocycles. The Morgan fingerprint density at radius 1 is 1.23 bits per heavy atom. The molecule has 5 atom stereocenters. The fourth-order valence-corrected chi connectivity index (χ4v) is 2.87. The van der Waals surface area contributed by atoms with Crippen molar-refractivity contribution < 1.29 is 29.2 Å². The van der Waals surface area contributed by atoms with Crippen LogP contribution in [0.3, 0.4) is 0 Å². The average molecular weight is 310 g/mol. The lowest BCUT2D eigenvalue weighted by Crippen LogP contribution is -2.44. The molecule has 22 heavy (non-hydrogen) atoms. The van der Waals surface area contributed by atoms with E-state index < -0.39 is 43.1 Å². The molecule has 2 N–H and O–H groups in total. The first-order valence-electron chi connectivity index (χ1n) is 7.46. The number of hydrogen-bond donors (Lipinski definition) is 2. The molecule has 0 amide bonds. The maximum Gasteiger partial charge on any atom is 0.190 e. The van der Waals surface area contributed by atoms with E-state index in [-0.39, 0.29) is 0 Å². The lowest BCUT2D eigenvalue weighted by Gasteiger charge is -2.28. The molecule has 0 spiro atoms. The minimum absolute atomic E-state index is 0.372. The molecule has 0 saturated carbocycles. The van der Waals surface area contributed by atoms with E-state index in [4.69, 9.17) is 18.9 Å². The van der Waals surface area contributed by atoms with Crippen LogP contribution in [0.5, 0.6) is 0 Å². The molecule has 6 nitrogen and oxygen atoms in total. The Labute approximate surface area is 129 Å². The van der Waals surface area contributed by atoms with Crippen LogP contribution >= 0.6 is 0 Å². The SMILES string of the molecule is CC1(C)O[C@H]2O[C@H](C(O)CO)[C@H](OCc3ccccc3)[C@@H]2O1. The lowest BCUT2D eigenvalue weighted by atomic mass is 10.1. The van der Waals surface area contributed by atoms with Gasteiger partial charge in [-0.2, -0.15) is 0 Å². The minimum Gasteiger partial charge on any atom is -0.394 e. The van der Waals surface area contributed by atoms with Gasteiger partial charge in [-0.05, 0) is 19.4 Å². The number of aliphatic hydroxyl groups excluding tert-OH is 2. The van der Waals surface area contributed by atoms with Crippen molar-refractivity contribution in [3.05, 3.63) is 35.9 Å². The summed E-state index contributed by atoms with van der Waals surface area (Å²) in [5, 5.41) is 19.1. The van der Waals surface area contributed by atoms with E-state index in [0.29, 0.717) is 6.61 Å². The van der Waals surface area contributed by atoms with Gasteiger partial charge in [-0.25, -0.2) is 0 Å². The van der Waals surface area contributed by atoms with E-state index in [1.165, 1.54) is 0 Å². The van der Waals surface area contributed by atoms with E-state index in [0.717, 1.165) is 5.56 Å². The van der Waals surface area contributed by atoms with Crippen molar-refractivity contribution in [3.63, 3.8) is 0 Å². The van der Waals surface area contributed by atoms with Crippen LogP contribution in [-0.4, -0.2) is 53.3 Å². The maximum atomic E-state index is 9.94. The van der Waals surface area contributed by atoms with Gasteiger partial charge in [0, 0.05) is 0 Å². The van der Waals surface area contributed by atoms with Gasteiger partial charge in [0.1, 0.15) is 24.4 Å². The van der Waals surface area contributed by atoms with E-state index in [1.54, 1.807) is 13.8 Å². The van der Waals surface area contributed by atoms with Crippen molar-refractivity contribution in [2.45, 2.75) is 56.9 Å². The number of rotatable bonds is 5. The highest BCUT2D eigenvalue weighted by Crippen LogP contribution is 2.39. The first kappa shape index (κ1) is 15.9. The summed E-state index contributed by atoms with van der Waals surface area (Å²) >= 11 is 0. The fraction of sp³-hybridized carbons (Fsp3) is 0.625. The zero-order valence-corrected chi connectivity index (χ0v) is 12.7. The predicted molar refractivity (Wildman–Crippen MR) is 76.8 cm³/mol. The van der Waals surface area contributed by atoms with Crippen molar-refractivity contribution in [2.75, 3.05) is 6.61 Å². The number of benzene rings is 1. The summed E-state index contributed by atoms with van der Waals surface area (Å²) in [4.78, 5) is 0. The molecule has 0 aromatic heterocycles. The molecule has 0 radical (unpaired) electrons. The van der Waals surface area contributed by atoms with E-state index in [1.807, 2.05) is 30.3 Å². The van der Waals surface area contributed by atoms with E-state index in [9.17, 15) is 10.2 Å². The Morgan fingerprint density at radius 2 is 1.95 bits per heavy atom. The number of aliphatic hydroxyl groups is 2. The third-order valence-electron chi connectivity index (χ3n) is 3.88. The van der Waals surface area contributed by atoms with Crippen molar-refractivity contribution in [3.8, 4) is 0 Å². The van der Waals surface area contributed by atoms with Crippen molar-refractivity contribution in [1.82, 2.24) is 0 Å². The monoisotopic (exact) mass is 310 g/mol. The zero-order chi connectivity index (χ0) is 15.7. The van der Waals surface area contributed by atoms with Gasteiger partial charge in [-0.15, -0.1) is 0 Å². The molecular formula is C16H22O6. The molecule has 122 valence electrons. The molecule has 2 saturated heterocycles. The van der Waals surface area contributed by atoms with Crippen LogP contribution in [0.4, 0.5) is 0 Å². The molecule has 2 aliphatic rings. The average Bonchev–Trinajstić information content (AvgIpc) is 2.97. The van der Waals surface area contributed by atoms with Crippen molar-refractivity contribution in [1.29, 1.82) is 0 Å². The zero-order valence-electron chi connectivity index (χ0n) is 12.7. The molecule has 1 aromatic carbocycles. The first-order chi connectivity index (χ1) is 10.5. The molecule has 3 rings (SSSR count). The molecule has 2 aliphatic heterocycles. The van der Waals surface area contributed by atoms with Crippen LogP contribution in [0, 0.1) is 0 Å². The van der Waals surface area contributed by atoms with Crippen LogP contribution in [0.15, 0.2) is 30.3 Å². The summed E-state index contributed by atoms with van der Waals surface area (Å²) in [5.74, 6) is -0.751. The number of fused-ring (bicyclic) bond motifs is 1. The second kappa shape index (κ2) is 6.23. The van der Waals surface area contributed by atoms with Gasteiger partial charge in [0.05, 0.1) is 13.2 Å². The van der Waals surface area contributed by atoms with Gasteiger partial charge < -0.3 is 29.2 Å². The van der Waals surface area contributed by atoms with Gasteiger partial charge in [0.15, 0.2) is 12.1 Å². The van der Waals surface area contributed by atoms with Gasteiger partial charge in [-0.1, -0.05) is 30.3 Å². The summed E-state index contributed by atoms with van der Waals surface area (Å²) in [6.07, 6.45) is -3.25. The standard InChI is InChI=1S/C16H22O6/c1-16(2)21-14-13(19-9-10-6-4-3-5-7-10)12(11(18)8-17)20-15(14)22-16/h3-7,11-15,17-18H,8-9H2,1-2H3/t11?,12-,13+,14+,15-/m1/s1. The summed E-state index contributed by atoms with van der Waals surface area (Å²) < 4.78 is 23.1. The molecule has 0 bridgehead atoms. The second-order valence-electron chi connectivity index (χ2n) is 6.08. The van der Waals surface area contributed by atoms with Crippen molar-refractivity contribution in [2.24, 2.45) is 0 Å². The number of ether oxygens (including phenoxy) is 4. The third kappa shape index (κ3) is 3.17. The molecule has 0 aliphatic carbocycles. The van der Waals surface area contributed by atoms with Crippen LogP contribution in [-0.2, 0) is 25.6 Å². The second-order valence-corrected chi connectivity index (χ2v) is 6.08. The lowest BCUT2D eigenvalue weighted by molar-refractivity contribution is -0.232. The Morgan fingerprint density at radius 3 is 2.64 bits per heavy atom. The summed E-state index contributed by atoms with van der Waals surface area (Å²) in [7, 11) is 0. The van der Waals surface area contributed by atoms with Crippen LogP contribution in [0.2, 0.25) is 0 Å². The molecule has 2 fully saturated rings. The van der Waals surface area contributed by atoms with Gasteiger partial charge in [0.25, 0.3) is 0 Å². The van der Waals surface area contributed by atoms with Gasteiger partial charge in [-0.3, -0.25) is 0 Å². The summed E-state index contributed by atoms with van der Waals surface area (Å²) in [6, 6.07) is 9.73. The highest BCUT2D eigenvalue weighted by Gasteiger charge is 2.56. The molecule has 1 aromatic rings. The summed E-state index contributed by atoms with van der Waals surface area (Å²) in [5.41, 5.74) is 1.02. The Kier molecular flexibility index (Phi) is 4.49. The topological polar surface area (TPSA) is 77.4 Å². The highest BCUT2D eigenvalue weighted by molar-refractivity contribution is 5.13. The van der Waals surface area contributed by atoms with Crippen LogP contribution in [0.25, 0.3) is 0 Å². The number of hydrogen-bond acceptors (Lipinski definition) is 6. The third-order valence-corrected chi connectivity index (χ3v) is 3.88. The smallest absolute Gasteiger partial charge is 0.190 e. The van der Waals surface area contributed by atoms with Gasteiger partial charge in [0.2, 0.25) is 0 Å². The minimum atomic E-state index is -1.04. The van der Waals surface area contributed by atoms with Gasteiger partial charge >= 0.3 is 0 Å². The Hall–Kier alpha value is -1.02. The van der Waals surface area contributed by atoms with Crippen LogP contribution in [0.1, 0.15) is 19.4 Å². The maximum absolute atomic E-state index is 9.94. The predicted octanol–water partition coefficient (Wildman–Crippen LogP) is 0.801. The largest absolute Gasteiger partial charge is 0.394 e. The molecule has 1 unspecified atom stereocenters. The first-order valence-corrected chi connectivity index (χ1v) is 7.46. The van der Waals surface area contributed by atoms with Crippen LogP contribution < -0.4 is 0 Å². The quantitative estimate of drug-likeness (QED) is 0.838. The summed E-state index contributed by atoms with van der Waals surface area (Å²) in [6.45, 7) is 3.58. The fourth-order valence-electron chi connectivity index (χ4n) is 2.87. The van der Waals surface area contributed by atoms with E-state index in [2.05, 4.69) is 0 Å².